The molecule has 2 nitrogen and oxygen atoms in total. The van der Waals surface area contributed by atoms with Crippen molar-refractivity contribution in [3.05, 3.63) is 35.4 Å². The Kier molecular flexibility index (Phi) is 4.30. The predicted octanol–water partition coefficient (Wildman–Crippen LogP) is 2.78. The quantitative estimate of drug-likeness (QED) is 0.819. The van der Waals surface area contributed by atoms with Gasteiger partial charge in [0, 0.05) is 24.8 Å². The molecule has 0 aromatic heterocycles. The second kappa shape index (κ2) is 5.76. The van der Waals surface area contributed by atoms with E-state index in [9.17, 15) is 8.78 Å². The molecular formula is C14H19F2NO. The van der Waals surface area contributed by atoms with Crippen LogP contribution in [0.25, 0.3) is 0 Å². The molecule has 1 aliphatic rings. The number of nitrogens with one attached hydrogen (secondary N) is 1. The van der Waals surface area contributed by atoms with E-state index >= 15 is 0 Å². The molecule has 100 valence electrons. The standard InChI is InChI=1S/C14H19F2NO/c1-9(11-6-12(15)8-13(16)7-11)17-14(4-5-18)10-2-3-10/h6-10,14,17-18H,2-5H2,1H3. The summed E-state index contributed by atoms with van der Waals surface area (Å²) in [6.07, 6.45) is 3.02. The molecule has 0 saturated heterocycles. The van der Waals surface area contributed by atoms with Crippen LogP contribution >= 0.6 is 0 Å². The highest BCUT2D eigenvalue weighted by molar-refractivity contribution is 5.21. The summed E-state index contributed by atoms with van der Waals surface area (Å²) in [5.74, 6) is -0.509. The van der Waals surface area contributed by atoms with Gasteiger partial charge in [-0.25, -0.2) is 8.78 Å². The Morgan fingerprint density at radius 3 is 2.39 bits per heavy atom. The maximum Gasteiger partial charge on any atom is 0.126 e. The van der Waals surface area contributed by atoms with E-state index in [1.165, 1.54) is 25.0 Å². The van der Waals surface area contributed by atoms with Crippen LogP contribution in [-0.2, 0) is 0 Å². The van der Waals surface area contributed by atoms with Crippen LogP contribution in [0.3, 0.4) is 0 Å². The summed E-state index contributed by atoms with van der Waals surface area (Å²) >= 11 is 0. The zero-order chi connectivity index (χ0) is 13.1. The number of rotatable bonds is 6. The lowest BCUT2D eigenvalue weighted by atomic mass is 10.0. The van der Waals surface area contributed by atoms with Crippen LogP contribution in [-0.4, -0.2) is 17.8 Å². The summed E-state index contributed by atoms with van der Waals surface area (Å²) in [7, 11) is 0. The molecule has 18 heavy (non-hydrogen) atoms. The van der Waals surface area contributed by atoms with Crippen molar-refractivity contribution in [3.63, 3.8) is 0 Å². The molecule has 1 saturated carbocycles. The minimum atomic E-state index is -0.552. The Morgan fingerprint density at radius 2 is 1.89 bits per heavy atom. The van der Waals surface area contributed by atoms with Crippen LogP contribution in [0.4, 0.5) is 8.78 Å². The smallest absolute Gasteiger partial charge is 0.126 e. The Morgan fingerprint density at radius 1 is 1.28 bits per heavy atom. The van der Waals surface area contributed by atoms with E-state index in [1.54, 1.807) is 0 Å². The first kappa shape index (κ1) is 13.4. The number of halogens is 2. The second-order valence-corrected chi connectivity index (χ2v) is 5.05. The average Bonchev–Trinajstić information content (AvgIpc) is 3.10. The molecule has 1 aromatic carbocycles. The first-order chi connectivity index (χ1) is 8.60. The third-order valence-corrected chi connectivity index (χ3v) is 3.48. The van der Waals surface area contributed by atoms with E-state index in [2.05, 4.69) is 5.32 Å². The van der Waals surface area contributed by atoms with E-state index < -0.39 is 11.6 Å². The van der Waals surface area contributed by atoms with Gasteiger partial charge in [0.15, 0.2) is 0 Å². The Labute approximate surface area is 106 Å². The summed E-state index contributed by atoms with van der Waals surface area (Å²) in [4.78, 5) is 0. The van der Waals surface area contributed by atoms with Crippen molar-refractivity contribution in [3.8, 4) is 0 Å². The Hall–Kier alpha value is -1.00. The summed E-state index contributed by atoms with van der Waals surface area (Å²) in [6, 6.07) is 3.69. The van der Waals surface area contributed by atoms with Gasteiger partial charge in [0.25, 0.3) is 0 Å². The number of hydrogen-bond acceptors (Lipinski definition) is 2. The molecule has 0 bridgehead atoms. The van der Waals surface area contributed by atoms with Gasteiger partial charge >= 0.3 is 0 Å². The maximum absolute atomic E-state index is 13.1. The minimum Gasteiger partial charge on any atom is -0.396 e. The maximum atomic E-state index is 13.1. The number of hydrogen-bond donors (Lipinski definition) is 2. The molecule has 0 aliphatic heterocycles. The molecule has 2 rings (SSSR count). The van der Waals surface area contributed by atoms with Gasteiger partial charge < -0.3 is 10.4 Å². The van der Waals surface area contributed by atoms with Gasteiger partial charge in [-0.2, -0.15) is 0 Å². The number of aliphatic hydroxyl groups is 1. The fraction of sp³-hybridized carbons (Fsp3) is 0.571. The molecular weight excluding hydrogens is 236 g/mol. The highest BCUT2D eigenvalue weighted by atomic mass is 19.1. The van der Waals surface area contributed by atoms with Crippen molar-refractivity contribution in [2.45, 2.75) is 38.3 Å². The van der Waals surface area contributed by atoms with Gasteiger partial charge in [0.05, 0.1) is 0 Å². The summed E-state index contributed by atoms with van der Waals surface area (Å²) in [6.45, 7) is 2.03. The number of benzene rings is 1. The zero-order valence-corrected chi connectivity index (χ0v) is 10.5. The van der Waals surface area contributed by atoms with E-state index in [-0.39, 0.29) is 18.7 Å². The van der Waals surface area contributed by atoms with Gasteiger partial charge in [-0.3, -0.25) is 0 Å². The third-order valence-electron chi connectivity index (χ3n) is 3.48. The molecule has 0 radical (unpaired) electrons. The molecule has 0 heterocycles. The highest BCUT2D eigenvalue weighted by Crippen LogP contribution is 2.35. The molecule has 2 atom stereocenters. The van der Waals surface area contributed by atoms with Crippen molar-refractivity contribution in [2.75, 3.05) is 6.61 Å². The highest BCUT2D eigenvalue weighted by Gasteiger charge is 2.31. The van der Waals surface area contributed by atoms with Crippen molar-refractivity contribution in [1.82, 2.24) is 5.32 Å². The molecule has 0 spiro atoms. The van der Waals surface area contributed by atoms with Crippen LogP contribution < -0.4 is 5.32 Å². The van der Waals surface area contributed by atoms with Crippen LogP contribution in [0.1, 0.15) is 37.8 Å². The molecule has 1 fully saturated rings. The van der Waals surface area contributed by atoms with E-state index in [4.69, 9.17) is 5.11 Å². The number of aliphatic hydroxyl groups excluding tert-OH is 1. The van der Waals surface area contributed by atoms with Crippen molar-refractivity contribution in [1.29, 1.82) is 0 Å². The predicted molar refractivity (Wildman–Crippen MR) is 66.1 cm³/mol. The average molecular weight is 255 g/mol. The van der Waals surface area contributed by atoms with E-state index in [1.807, 2.05) is 6.92 Å². The van der Waals surface area contributed by atoms with Crippen LogP contribution in [0.5, 0.6) is 0 Å². The lowest BCUT2D eigenvalue weighted by Gasteiger charge is -2.23. The zero-order valence-electron chi connectivity index (χ0n) is 10.5. The normalized spacial score (nSPS) is 18.7. The van der Waals surface area contributed by atoms with E-state index in [0.717, 1.165) is 6.07 Å². The Balaban J connectivity index is 2.02. The lowest BCUT2D eigenvalue weighted by Crippen LogP contribution is -2.34. The SMILES string of the molecule is CC(NC(CCO)C1CC1)c1cc(F)cc(F)c1. The summed E-state index contributed by atoms with van der Waals surface area (Å²) < 4.78 is 26.3. The van der Waals surface area contributed by atoms with Crippen molar-refractivity contribution in [2.24, 2.45) is 5.92 Å². The fourth-order valence-corrected chi connectivity index (χ4v) is 2.34. The molecule has 1 aliphatic carbocycles. The van der Waals surface area contributed by atoms with Gasteiger partial charge in [-0.05, 0) is 49.8 Å². The van der Waals surface area contributed by atoms with Gasteiger partial charge in [-0.1, -0.05) is 0 Å². The summed E-state index contributed by atoms with van der Waals surface area (Å²) in [5, 5.41) is 12.4. The molecule has 2 N–H and O–H groups in total. The van der Waals surface area contributed by atoms with Gasteiger partial charge in [0.1, 0.15) is 11.6 Å². The van der Waals surface area contributed by atoms with Gasteiger partial charge in [-0.15, -0.1) is 0 Å². The topological polar surface area (TPSA) is 32.3 Å². The Bertz CT molecular complexity index is 387. The monoisotopic (exact) mass is 255 g/mol. The molecule has 1 aromatic rings. The van der Waals surface area contributed by atoms with Crippen molar-refractivity contribution < 1.29 is 13.9 Å². The lowest BCUT2D eigenvalue weighted by molar-refractivity contribution is 0.250. The van der Waals surface area contributed by atoms with E-state index in [0.29, 0.717) is 17.9 Å². The van der Waals surface area contributed by atoms with Crippen LogP contribution in [0, 0.1) is 17.6 Å². The fourth-order valence-electron chi connectivity index (χ4n) is 2.34. The molecule has 2 unspecified atom stereocenters. The molecule has 4 heteroatoms. The first-order valence-corrected chi connectivity index (χ1v) is 6.43. The summed E-state index contributed by atoms with van der Waals surface area (Å²) in [5.41, 5.74) is 0.607. The third kappa shape index (κ3) is 3.50. The van der Waals surface area contributed by atoms with Crippen molar-refractivity contribution >= 4 is 0 Å². The largest absolute Gasteiger partial charge is 0.396 e. The molecule has 0 amide bonds. The van der Waals surface area contributed by atoms with Crippen LogP contribution in [0.15, 0.2) is 18.2 Å². The minimum absolute atomic E-state index is 0.118. The van der Waals surface area contributed by atoms with Gasteiger partial charge in [0.2, 0.25) is 0 Å². The van der Waals surface area contributed by atoms with Crippen LogP contribution in [0.2, 0.25) is 0 Å². The first-order valence-electron chi connectivity index (χ1n) is 6.43. The second-order valence-electron chi connectivity index (χ2n) is 5.05.